The van der Waals surface area contributed by atoms with E-state index < -0.39 is 0 Å². The molecule has 1 aromatic carbocycles. The van der Waals surface area contributed by atoms with Crippen molar-refractivity contribution in [3.63, 3.8) is 0 Å². The lowest BCUT2D eigenvalue weighted by molar-refractivity contribution is -0.857. The van der Waals surface area contributed by atoms with Crippen LogP contribution in [0.5, 0.6) is 0 Å². The highest BCUT2D eigenvalue weighted by molar-refractivity contribution is 5.54. The lowest BCUT2D eigenvalue weighted by Gasteiger charge is -2.23. The van der Waals surface area contributed by atoms with Crippen LogP contribution >= 0.6 is 0 Å². The van der Waals surface area contributed by atoms with Crippen LogP contribution in [0.1, 0.15) is 24.1 Å². The van der Waals surface area contributed by atoms with E-state index in [1.54, 1.807) is 0 Å². The standard InChI is InChI=1S/C11H13N.HI/c1-9-11-6-4-3-5-10(11)7-8-12(9)2;/h3-9H,1-2H3;1H. The molecule has 0 aliphatic carbocycles. The number of nitrogens with one attached hydrogen (secondary N) is 1. The molecule has 0 fully saturated rings. The molecule has 1 aromatic rings. The molecular weight excluding hydrogens is 273 g/mol. The number of fused-ring (bicyclic) bond motifs is 1. The van der Waals surface area contributed by atoms with Gasteiger partial charge in [-0.3, -0.25) is 0 Å². The molecule has 13 heavy (non-hydrogen) atoms. The molecule has 2 unspecified atom stereocenters. The number of hydrogen-bond donors (Lipinski definition) is 1. The van der Waals surface area contributed by atoms with Crippen LogP contribution in [0.25, 0.3) is 6.08 Å². The molecule has 2 rings (SSSR count). The van der Waals surface area contributed by atoms with Crippen molar-refractivity contribution in [2.75, 3.05) is 7.05 Å². The molecule has 1 heterocycles. The van der Waals surface area contributed by atoms with Crippen molar-refractivity contribution < 1.29 is 28.9 Å². The third kappa shape index (κ3) is 1.94. The Morgan fingerprint density at radius 2 is 1.92 bits per heavy atom. The molecule has 70 valence electrons. The van der Waals surface area contributed by atoms with Crippen molar-refractivity contribution in [2.45, 2.75) is 13.0 Å². The Hall–Kier alpha value is -0.350. The van der Waals surface area contributed by atoms with Gasteiger partial charge in [0.2, 0.25) is 0 Å². The van der Waals surface area contributed by atoms with Gasteiger partial charge < -0.3 is 28.9 Å². The summed E-state index contributed by atoms with van der Waals surface area (Å²) >= 11 is 0. The van der Waals surface area contributed by atoms with Gasteiger partial charge in [-0.2, -0.15) is 0 Å². The van der Waals surface area contributed by atoms with Crippen LogP contribution in [-0.4, -0.2) is 7.05 Å². The fraction of sp³-hybridized carbons (Fsp3) is 0.273. The quantitative estimate of drug-likeness (QED) is 0.540. The van der Waals surface area contributed by atoms with Crippen molar-refractivity contribution in [3.05, 3.63) is 41.6 Å². The molecule has 1 aliphatic heterocycles. The number of halogens is 1. The summed E-state index contributed by atoms with van der Waals surface area (Å²) < 4.78 is 0. The zero-order valence-electron chi connectivity index (χ0n) is 7.92. The molecule has 1 nitrogen and oxygen atoms in total. The predicted molar refractivity (Wildman–Crippen MR) is 50.8 cm³/mol. The number of quaternary nitrogens is 1. The Bertz CT molecular complexity index is 320. The van der Waals surface area contributed by atoms with Crippen molar-refractivity contribution in [1.82, 2.24) is 0 Å². The molecule has 0 aromatic heterocycles. The molecule has 0 radical (unpaired) electrons. The lowest BCUT2D eigenvalue weighted by Crippen LogP contribution is -3.04. The Morgan fingerprint density at radius 1 is 1.23 bits per heavy atom. The first-order valence-corrected chi connectivity index (χ1v) is 4.39. The summed E-state index contributed by atoms with van der Waals surface area (Å²) in [6.07, 6.45) is 4.41. The van der Waals surface area contributed by atoms with Crippen LogP contribution in [0, 0.1) is 0 Å². The molecule has 0 bridgehead atoms. The summed E-state index contributed by atoms with van der Waals surface area (Å²) in [6, 6.07) is 9.19. The minimum Gasteiger partial charge on any atom is -1.00 e. The van der Waals surface area contributed by atoms with Gasteiger partial charge in [-0.1, -0.05) is 24.3 Å². The Balaban J connectivity index is 0.000000845. The van der Waals surface area contributed by atoms with Crippen LogP contribution < -0.4 is 28.9 Å². The van der Waals surface area contributed by atoms with Crippen LogP contribution in [-0.2, 0) is 0 Å². The third-order valence-electron chi connectivity index (χ3n) is 2.67. The molecule has 0 saturated heterocycles. The zero-order chi connectivity index (χ0) is 8.55. The van der Waals surface area contributed by atoms with Crippen LogP contribution in [0.2, 0.25) is 0 Å². The maximum absolute atomic E-state index is 2.26. The minimum atomic E-state index is 0. The van der Waals surface area contributed by atoms with E-state index in [-0.39, 0.29) is 24.0 Å². The smallest absolute Gasteiger partial charge is 0.115 e. The molecule has 0 spiro atoms. The molecule has 1 N–H and O–H groups in total. The summed E-state index contributed by atoms with van der Waals surface area (Å²) in [5, 5.41) is 0. The predicted octanol–water partition coefficient (Wildman–Crippen LogP) is -1.75. The van der Waals surface area contributed by atoms with Crippen LogP contribution in [0.4, 0.5) is 0 Å². The maximum atomic E-state index is 2.26. The van der Waals surface area contributed by atoms with Gasteiger partial charge >= 0.3 is 0 Å². The van der Waals surface area contributed by atoms with E-state index in [0.717, 1.165) is 0 Å². The van der Waals surface area contributed by atoms with E-state index in [9.17, 15) is 0 Å². The van der Waals surface area contributed by atoms with Gasteiger partial charge in [0.25, 0.3) is 0 Å². The number of hydrogen-bond acceptors (Lipinski definition) is 0. The second-order valence-electron chi connectivity index (χ2n) is 3.43. The van der Waals surface area contributed by atoms with E-state index in [1.165, 1.54) is 16.0 Å². The largest absolute Gasteiger partial charge is 1.00 e. The number of benzene rings is 1. The maximum Gasteiger partial charge on any atom is 0.115 e. The lowest BCUT2D eigenvalue weighted by atomic mass is 9.98. The van der Waals surface area contributed by atoms with E-state index in [0.29, 0.717) is 6.04 Å². The fourth-order valence-corrected chi connectivity index (χ4v) is 1.67. The van der Waals surface area contributed by atoms with E-state index in [2.05, 4.69) is 50.5 Å². The summed E-state index contributed by atoms with van der Waals surface area (Å²) in [4.78, 5) is 1.45. The SMILES string of the molecule is CC1c2ccccc2C=C[NH+]1C.[I-]. The Kier molecular flexibility index (Phi) is 3.50. The van der Waals surface area contributed by atoms with Gasteiger partial charge in [-0.25, -0.2) is 0 Å². The first-order valence-electron chi connectivity index (χ1n) is 4.39. The van der Waals surface area contributed by atoms with Gasteiger partial charge in [0.15, 0.2) is 0 Å². The molecule has 2 atom stereocenters. The highest BCUT2D eigenvalue weighted by Crippen LogP contribution is 2.18. The summed E-state index contributed by atoms with van der Waals surface area (Å²) in [5.74, 6) is 0. The average molecular weight is 287 g/mol. The minimum absolute atomic E-state index is 0. The molecule has 0 amide bonds. The highest BCUT2D eigenvalue weighted by atomic mass is 127. The van der Waals surface area contributed by atoms with Gasteiger partial charge in [-0.15, -0.1) is 0 Å². The second kappa shape index (κ2) is 4.24. The normalized spacial score (nSPS) is 24.8. The third-order valence-corrected chi connectivity index (χ3v) is 2.67. The van der Waals surface area contributed by atoms with E-state index in [4.69, 9.17) is 0 Å². The van der Waals surface area contributed by atoms with E-state index in [1.807, 2.05) is 0 Å². The Labute approximate surface area is 96.5 Å². The fourth-order valence-electron chi connectivity index (χ4n) is 1.67. The highest BCUT2D eigenvalue weighted by Gasteiger charge is 2.19. The monoisotopic (exact) mass is 287 g/mol. The molecular formula is C11H14IN. The van der Waals surface area contributed by atoms with Crippen LogP contribution in [0.15, 0.2) is 30.5 Å². The van der Waals surface area contributed by atoms with Gasteiger partial charge in [0.1, 0.15) is 6.04 Å². The number of rotatable bonds is 0. The summed E-state index contributed by atoms with van der Waals surface area (Å²) in [5.41, 5.74) is 2.83. The van der Waals surface area contributed by atoms with Crippen molar-refractivity contribution >= 4 is 6.08 Å². The summed E-state index contributed by atoms with van der Waals surface area (Å²) in [6.45, 7) is 2.26. The summed E-state index contributed by atoms with van der Waals surface area (Å²) in [7, 11) is 2.19. The van der Waals surface area contributed by atoms with Crippen LogP contribution in [0.3, 0.4) is 0 Å². The van der Waals surface area contributed by atoms with Crippen molar-refractivity contribution in [1.29, 1.82) is 0 Å². The van der Waals surface area contributed by atoms with Gasteiger partial charge in [0.05, 0.1) is 13.2 Å². The first kappa shape index (κ1) is 10.7. The molecule has 1 aliphatic rings. The zero-order valence-corrected chi connectivity index (χ0v) is 10.1. The molecule has 2 heteroatoms. The van der Waals surface area contributed by atoms with Crippen molar-refractivity contribution in [3.8, 4) is 0 Å². The van der Waals surface area contributed by atoms with E-state index >= 15 is 0 Å². The van der Waals surface area contributed by atoms with Gasteiger partial charge in [0, 0.05) is 5.56 Å². The second-order valence-corrected chi connectivity index (χ2v) is 3.43. The first-order chi connectivity index (χ1) is 5.79. The van der Waals surface area contributed by atoms with Gasteiger partial charge in [-0.05, 0) is 18.6 Å². The van der Waals surface area contributed by atoms with Crippen molar-refractivity contribution in [2.24, 2.45) is 0 Å². The Morgan fingerprint density at radius 3 is 2.69 bits per heavy atom. The average Bonchev–Trinajstić information content (AvgIpc) is 2.12. The molecule has 0 saturated carbocycles. The topological polar surface area (TPSA) is 4.44 Å².